The van der Waals surface area contributed by atoms with Gasteiger partial charge in [-0.25, -0.2) is 4.68 Å². The van der Waals surface area contributed by atoms with Crippen LogP contribution in [0.4, 0.5) is 5.69 Å². The van der Waals surface area contributed by atoms with Crippen LogP contribution in [0.25, 0.3) is 0 Å². The van der Waals surface area contributed by atoms with Crippen LogP contribution in [0.1, 0.15) is 18.5 Å². The van der Waals surface area contributed by atoms with Crippen molar-refractivity contribution < 1.29 is 19.2 Å². The predicted molar refractivity (Wildman–Crippen MR) is 123 cm³/mol. The molecule has 178 valence electrons. The SMILES string of the molecule is COCc1cn(C[C@H]2C[C@@H]3CC[NH+]2C[C@@H]3C(=O)N2CCN(c3ccccc3OC)CC2)nn1. The van der Waals surface area contributed by atoms with E-state index in [4.69, 9.17) is 9.47 Å². The van der Waals surface area contributed by atoms with E-state index in [1.54, 1.807) is 19.1 Å². The summed E-state index contributed by atoms with van der Waals surface area (Å²) in [6, 6.07) is 8.64. The van der Waals surface area contributed by atoms with Crippen LogP contribution < -0.4 is 14.5 Å². The zero-order valence-corrected chi connectivity index (χ0v) is 19.7. The molecule has 1 aromatic carbocycles. The lowest BCUT2D eigenvalue weighted by molar-refractivity contribution is -0.945. The number of nitrogens with zero attached hydrogens (tertiary/aromatic N) is 5. The number of quaternary nitrogens is 1. The Balaban J connectivity index is 1.16. The van der Waals surface area contributed by atoms with Gasteiger partial charge in [-0.2, -0.15) is 0 Å². The fourth-order valence-corrected chi connectivity index (χ4v) is 5.96. The van der Waals surface area contributed by atoms with Gasteiger partial charge in [0.05, 0.1) is 51.2 Å². The molecule has 1 N–H and O–H groups in total. The first-order valence-electron chi connectivity index (χ1n) is 12.1. The minimum absolute atomic E-state index is 0.155. The first-order valence-corrected chi connectivity index (χ1v) is 12.1. The number of para-hydroxylation sites is 2. The highest BCUT2D eigenvalue weighted by Crippen LogP contribution is 2.31. The van der Waals surface area contributed by atoms with Crippen LogP contribution in [0.2, 0.25) is 0 Å². The van der Waals surface area contributed by atoms with Crippen molar-refractivity contribution in [1.82, 2.24) is 19.9 Å². The molecule has 0 aliphatic carbocycles. The number of carbonyl (C=O) groups is 1. The zero-order valence-electron chi connectivity index (χ0n) is 19.7. The molecule has 2 bridgehead atoms. The summed E-state index contributed by atoms with van der Waals surface area (Å²) in [5, 5.41) is 8.45. The van der Waals surface area contributed by atoms with Gasteiger partial charge >= 0.3 is 0 Å². The summed E-state index contributed by atoms with van der Waals surface area (Å²) in [6.45, 7) is 6.70. The quantitative estimate of drug-likeness (QED) is 0.637. The highest BCUT2D eigenvalue weighted by Gasteiger charge is 2.48. The molecule has 4 aliphatic heterocycles. The smallest absolute Gasteiger partial charge is 0.231 e. The number of aromatic nitrogens is 3. The highest BCUT2D eigenvalue weighted by molar-refractivity contribution is 5.80. The fraction of sp³-hybridized carbons (Fsp3) is 0.625. The van der Waals surface area contributed by atoms with Crippen molar-refractivity contribution in [3.05, 3.63) is 36.2 Å². The Morgan fingerprint density at radius 2 is 2.00 bits per heavy atom. The van der Waals surface area contributed by atoms with Gasteiger partial charge in [0.25, 0.3) is 0 Å². The average Bonchev–Trinajstić information content (AvgIpc) is 3.31. The number of hydrogen-bond acceptors (Lipinski definition) is 6. The van der Waals surface area contributed by atoms with Gasteiger partial charge in [0, 0.05) is 46.1 Å². The van der Waals surface area contributed by atoms with Gasteiger partial charge in [0.15, 0.2) is 0 Å². The Hall–Kier alpha value is -2.65. The number of nitrogens with one attached hydrogen (secondary N) is 1. The van der Waals surface area contributed by atoms with E-state index in [0.717, 1.165) is 75.8 Å². The summed E-state index contributed by atoms with van der Waals surface area (Å²) in [5.41, 5.74) is 1.98. The molecule has 2 aromatic rings. The number of hydrogen-bond donors (Lipinski definition) is 1. The molecule has 4 saturated heterocycles. The molecule has 1 aromatic heterocycles. The molecule has 0 saturated carbocycles. The van der Waals surface area contributed by atoms with E-state index < -0.39 is 0 Å². The summed E-state index contributed by atoms with van der Waals surface area (Å²) in [7, 11) is 3.38. The number of amides is 1. The molecule has 9 nitrogen and oxygen atoms in total. The standard InChI is InChI=1S/C24H34N6O3/c1-32-17-19-14-30(26-25-19)15-20-13-18-7-8-29(20)16-21(18)24(31)28-11-9-27(10-12-28)22-5-3-4-6-23(22)33-2/h3-6,14,18,20-21H,7-13,15-17H2,1-2H3/p+1/t18-,20+,21-/m0/s1. The van der Waals surface area contributed by atoms with E-state index >= 15 is 0 Å². The highest BCUT2D eigenvalue weighted by atomic mass is 16.5. The molecular weight excluding hydrogens is 420 g/mol. The van der Waals surface area contributed by atoms with Gasteiger partial charge in [-0.15, -0.1) is 5.10 Å². The Morgan fingerprint density at radius 1 is 1.18 bits per heavy atom. The van der Waals surface area contributed by atoms with Crippen molar-refractivity contribution in [3.8, 4) is 5.75 Å². The molecule has 5 heterocycles. The van der Waals surface area contributed by atoms with Crippen LogP contribution in [0.5, 0.6) is 5.75 Å². The van der Waals surface area contributed by atoms with Crippen LogP contribution in [0.3, 0.4) is 0 Å². The van der Waals surface area contributed by atoms with Gasteiger partial charge in [0.1, 0.15) is 17.5 Å². The largest absolute Gasteiger partial charge is 0.495 e. The number of ether oxygens (including phenoxy) is 2. The predicted octanol–water partition coefficient (Wildman–Crippen LogP) is 0.0752. The molecule has 1 amide bonds. The number of benzene rings is 1. The number of carbonyl (C=O) groups excluding carboxylic acids is 1. The van der Waals surface area contributed by atoms with Gasteiger partial charge in [0.2, 0.25) is 5.91 Å². The van der Waals surface area contributed by atoms with Gasteiger partial charge < -0.3 is 24.2 Å². The van der Waals surface area contributed by atoms with E-state index in [2.05, 4.69) is 26.2 Å². The zero-order chi connectivity index (χ0) is 22.8. The maximum atomic E-state index is 13.5. The first-order chi connectivity index (χ1) is 16.2. The molecule has 0 spiro atoms. The molecule has 6 rings (SSSR count). The Kier molecular flexibility index (Phi) is 6.50. The maximum absolute atomic E-state index is 13.5. The van der Waals surface area contributed by atoms with E-state index in [0.29, 0.717) is 24.5 Å². The van der Waals surface area contributed by atoms with E-state index in [1.165, 1.54) is 0 Å². The van der Waals surface area contributed by atoms with Gasteiger partial charge in [-0.05, 0) is 18.1 Å². The van der Waals surface area contributed by atoms with Crippen LogP contribution in [0.15, 0.2) is 30.5 Å². The van der Waals surface area contributed by atoms with Gasteiger partial charge in [-0.1, -0.05) is 17.3 Å². The molecular formula is C24H35N6O3+. The summed E-state index contributed by atoms with van der Waals surface area (Å²) in [6.07, 6.45) is 4.22. The molecule has 4 atom stereocenters. The number of piperidine rings is 3. The molecule has 4 fully saturated rings. The van der Waals surface area contributed by atoms with E-state index in [-0.39, 0.29) is 5.92 Å². The second kappa shape index (κ2) is 9.69. The number of anilines is 1. The van der Waals surface area contributed by atoms with Crippen LogP contribution >= 0.6 is 0 Å². The third-order valence-corrected chi connectivity index (χ3v) is 7.67. The molecule has 33 heavy (non-hydrogen) atoms. The molecule has 4 aliphatic rings. The minimum Gasteiger partial charge on any atom is -0.495 e. The maximum Gasteiger partial charge on any atom is 0.231 e. The monoisotopic (exact) mass is 455 g/mol. The van der Waals surface area contributed by atoms with Crippen LogP contribution in [0, 0.1) is 11.8 Å². The third-order valence-electron chi connectivity index (χ3n) is 7.67. The Bertz CT molecular complexity index is 957. The fourth-order valence-electron chi connectivity index (χ4n) is 5.96. The normalized spacial score (nSPS) is 27.1. The average molecular weight is 456 g/mol. The summed E-state index contributed by atoms with van der Waals surface area (Å²) in [4.78, 5) is 19.5. The molecule has 0 radical (unpaired) electrons. The number of methoxy groups -OCH3 is 2. The topological polar surface area (TPSA) is 77.2 Å². The lowest BCUT2D eigenvalue weighted by Gasteiger charge is -2.47. The Morgan fingerprint density at radius 3 is 2.73 bits per heavy atom. The first kappa shape index (κ1) is 22.2. The Labute approximate surface area is 195 Å². The van der Waals surface area contributed by atoms with E-state index in [9.17, 15) is 4.79 Å². The minimum atomic E-state index is 0.155. The lowest BCUT2D eigenvalue weighted by Crippen LogP contribution is -3.20. The lowest BCUT2D eigenvalue weighted by atomic mass is 9.75. The summed E-state index contributed by atoms with van der Waals surface area (Å²) in [5.74, 6) is 1.89. The number of piperazine rings is 1. The second-order valence-corrected chi connectivity index (χ2v) is 9.55. The van der Waals surface area contributed by atoms with Crippen molar-refractivity contribution >= 4 is 11.6 Å². The van der Waals surface area contributed by atoms with E-state index in [1.807, 2.05) is 29.1 Å². The van der Waals surface area contributed by atoms with Crippen molar-refractivity contribution in [1.29, 1.82) is 0 Å². The number of rotatable bonds is 7. The van der Waals surface area contributed by atoms with Crippen LogP contribution in [-0.2, 0) is 22.7 Å². The van der Waals surface area contributed by atoms with Crippen molar-refractivity contribution in [2.75, 3.05) is 58.4 Å². The van der Waals surface area contributed by atoms with Gasteiger partial charge in [-0.3, -0.25) is 4.79 Å². The van der Waals surface area contributed by atoms with Crippen molar-refractivity contribution in [2.45, 2.75) is 32.0 Å². The van der Waals surface area contributed by atoms with Crippen LogP contribution in [-0.4, -0.2) is 85.3 Å². The summed E-state index contributed by atoms with van der Waals surface area (Å²) < 4.78 is 12.6. The second-order valence-electron chi connectivity index (χ2n) is 9.55. The summed E-state index contributed by atoms with van der Waals surface area (Å²) >= 11 is 0. The van der Waals surface area contributed by atoms with Crippen molar-refractivity contribution in [3.63, 3.8) is 0 Å². The third kappa shape index (κ3) is 4.56. The van der Waals surface area contributed by atoms with Crippen molar-refractivity contribution in [2.24, 2.45) is 11.8 Å². The molecule has 1 unspecified atom stereocenters. The molecule has 9 heteroatoms. The number of fused-ring (bicyclic) bond motifs is 3.